The zero-order valence-electron chi connectivity index (χ0n) is 17.2. The fraction of sp³-hybridized carbons (Fsp3) is 0.375. The van der Waals surface area contributed by atoms with Gasteiger partial charge in [0.1, 0.15) is 18.5 Å². The van der Waals surface area contributed by atoms with Crippen LogP contribution in [0.5, 0.6) is 5.75 Å². The molecule has 2 heterocycles. The Kier molecular flexibility index (Phi) is 5.07. The summed E-state index contributed by atoms with van der Waals surface area (Å²) in [6.07, 6.45) is 2.28. The van der Waals surface area contributed by atoms with Crippen LogP contribution < -0.4 is 10.1 Å². The molecule has 2 aliphatic rings. The summed E-state index contributed by atoms with van der Waals surface area (Å²) in [5.41, 5.74) is 3.14. The third-order valence-electron chi connectivity index (χ3n) is 5.52. The molecule has 0 bridgehead atoms. The number of nitrogens with one attached hydrogen (secondary N) is 1. The van der Waals surface area contributed by atoms with E-state index in [1.54, 1.807) is 0 Å². The Morgan fingerprint density at radius 3 is 2.62 bits per heavy atom. The van der Waals surface area contributed by atoms with Gasteiger partial charge in [-0.25, -0.2) is 0 Å². The Morgan fingerprint density at radius 1 is 1.21 bits per heavy atom. The van der Waals surface area contributed by atoms with Gasteiger partial charge in [0.05, 0.1) is 0 Å². The normalized spacial score (nSPS) is 23.6. The van der Waals surface area contributed by atoms with Gasteiger partial charge in [-0.05, 0) is 42.2 Å². The van der Waals surface area contributed by atoms with Gasteiger partial charge in [-0.2, -0.15) is 0 Å². The van der Waals surface area contributed by atoms with Crippen LogP contribution in [0.3, 0.4) is 0 Å². The molecule has 2 aromatic carbocycles. The molecule has 0 fully saturated rings. The smallest absolute Gasteiger partial charge is 0.261 e. The van der Waals surface area contributed by atoms with E-state index >= 15 is 0 Å². The van der Waals surface area contributed by atoms with Gasteiger partial charge in [0.15, 0.2) is 5.60 Å². The SMILES string of the molecule is CC1=C[C@H](COc2ccc(C(C)(C)C)cc2)O[C@]2(C1)C(=O)Nc1cccc(Br)c12. The van der Waals surface area contributed by atoms with Crippen molar-refractivity contribution in [2.45, 2.75) is 51.2 Å². The van der Waals surface area contributed by atoms with Crippen molar-refractivity contribution in [2.75, 3.05) is 11.9 Å². The molecule has 1 N–H and O–H groups in total. The van der Waals surface area contributed by atoms with Gasteiger partial charge in [0, 0.05) is 22.1 Å². The average molecular weight is 456 g/mol. The molecule has 1 amide bonds. The maximum atomic E-state index is 12.9. The molecule has 29 heavy (non-hydrogen) atoms. The first-order valence-electron chi connectivity index (χ1n) is 9.88. The number of halogens is 1. The fourth-order valence-electron chi connectivity index (χ4n) is 4.07. The van der Waals surface area contributed by atoms with Crippen LogP contribution in [0.2, 0.25) is 0 Å². The molecule has 0 unspecified atom stereocenters. The van der Waals surface area contributed by atoms with E-state index in [9.17, 15) is 4.79 Å². The molecule has 1 spiro atoms. The first-order chi connectivity index (χ1) is 13.7. The van der Waals surface area contributed by atoms with Crippen molar-refractivity contribution >= 4 is 27.5 Å². The lowest BCUT2D eigenvalue weighted by Gasteiger charge is -2.36. The van der Waals surface area contributed by atoms with Crippen LogP contribution in [0.4, 0.5) is 5.69 Å². The largest absolute Gasteiger partial charge is 0.491 e. The lowest BCUT2D eigenvalue weighted by Crippen LogP contribution is -2.44. The van der Waals surface area contributed by atoms with E-state index in [1.807, 2.05) is 37.3 Å². The fourth-order valence-corrected chi connectivity index (χ4v) is 4.76. The number of ether oxygens (including phenoxy) is 2. The summed E-state index contributed by atoms with van der Waals surface area (Å²) < 4.78 is 13.3. The molecule has 4 rings (SSSR count). The van der Waals surface area contributed by atoms with Crippen LogP contribution in [0.25, 0.3) is 0 Å². The molecule has 0 saturated carbocycles. The van der Waals surface area contributed by atoms with E-state index in [1.165, 1.54) is 5.56 Å². The highest BCUT2D eigenvalue weighted by atomic mass is 79.9. The van der Waals surface area contributed by atoms with Gasteiger partial charge in [-0.15, -0.1) is 0 Å². The number of amides is 1. The summed E-state index contributed by atoms with van der Waals surface area (Å²) in [6.45, 7) is 8.95. The van der Waals surface area contributed by atoms with Gasteiger partial charge in [0.2, 0.25) is 0 Å². The monoisotopic (exact) mass is 455 g/mol. The molecule has 2 aliphatic heterocycles. The van der Waals surface area contributed by atoms with E-state index in [-0.39, 0.29) is 17.4 Å². The number of carbonyl (C=O) groups is 1. The second kappa shape index (κ2) is 7.29. The lowest BCUT2D eigenvalue weighted by atomic mass is 9.85. The average Bonchev–Trinajstić information content (AvgIpc) is 2.91. The number of carbonyl (C=O) groups excluding carboxylic acids is 1. The molecule has 0 aliphatic carbocycles. The number of benzene rings is 2. The Labute approximate surface area is 180 Å². The van der Waals surface area contributed by atoms with E-state index < -0.39 is 5.60 Å². The van der Waals surface area contributed by atoms with E-state index in [2.05, 4.69) is 60.2 Å². The minimum atomic E-state index is -1.02. The summed E-state index contributed by atoms with van der Waals surface area (Å²) in [4.78, 5) is 12.9. The number of hydrogen-bond acceptors (Lipinski definition) is 3. The number of anilines is 1. The maximum Gasteiger partial charge on any atom is 0.261 e. The predicted molar refractivity (Wildman–Crippen MR) is 118 cm³/mol. The van der Waals surface area contributed by atoms with Crippen LogP contribution in [0.1, 0.15) is 45.2 Å². The third kappa shape index (κ3) is 3.74. The lowest BCUT2D eigenvalue weighted by molar-refractivity contribution is -0.151. The van der Waals surface area contributed by atoms with Gasteiger partial charge in [0.25, 0.3) is 5.91 Å². The van der Waals surface area contributed by atoms with Gasteiger partial charge in [-0.3, -0.25) is 4.79 Å². The van der Waals surface area contributed by atoms with Crippen LogP contribution in [-0.4, -0.2) is 18.6 Å². The van der Waals surface area contributed by atoms with Crippen LogP contribution in [-0.2, 0) is 20.5 Å². The highest BCUT2D eigenvalue weighted by Gasteiger charge is 2.52. The van der Waals surface area contributed by atoms with Crippen molar-refractivity contribution in [1.29, 1.82) is 0 Å². The van der Waals surface area contributed by atoms with Gasteiger partial charge < -0.3 is 14.8 Å². The summed E-state index contributed by atoms with van der Waals surface area (Å²) in [7, 11) is 0. The summed E-state index contributed by atoms with van der Waals surface area (Å²) in [5, 5.41) is 2.97. The Balaban J connectivity index is 1.54. The molecule has 2 aromatic rings. The summed E-state index contributed by atoms with van der Waals surface area (Å²) >= 11 is 3.60. The van der Waals surface area contributed by atoms with Crippen LogP contribution in [0, 0.1) is 0 Å². The predicted octanol–water partition coefficient (Wildman–Crippen LogP) is 5.71. The minimum Gasteiger partial charge on any atom is -0.491 e. The Morgan fingerprint density at radius 2 is 1.93 bits per heavy atom. The summed E-state index contributed by atoms with van der Waals surface area (Å²) in [5.74, 6) is 0.677. The van der Waals surface area contributed by atoms with Crippen molar-refractivity contribution in [3.8, 4) is 5.75 Å². The zero-order chi connectivity index (χ0) is 20.8. The van der Waals surface area contributed by atoms with E-state index in [4.69, 9.17) is 9.47 Å². The van der Waals surface area contributed by atoms with Gasteiger partial charge in [-0.1, -0.05) is 66.5 Å². The summed E-state index contributed by atoms with van der Waals surface area (Å²) in [6, 6.07) is 13.9. The Hall–Kier alpha value is -2.11. The van der Waals surface area contributed by atoms with E-state index in [0.717, 1.165) is 27.0 Å². The standard InChI is InChI=1S/C24H26BrNO3/c1-15-12-18(14-28-17-10-8-16(9-11-17)23(2,3)4)29-24(13-15)21-19(25)6-5-7-20(21)26-22(24)27/h5-12,18H,13-14H2,1-4H3,(H,26,27)/t18-,24+/m1/s1. The molecule has 152 valence electrons. The van der Waals surface area contributed by atoms with Crippen molar-refractivity contribution in [2.24, 2.45) is 0 Å². The second-order valence-electron chi connectivity index (χ2n) is 8.88. The molecule has 4 nitrogen and oxygen atoms in total. The number of rotatable bonds is 3. The molecule has 0 saturated heterocycles. The quantitative estimate of drug-likeness (QED) is 0.602. The topological polar surface area (TPSA) is 47.6 Å². The molecular formula is C24H26BrNO3. The second-order valence-corrected chi connectivity index (χ2v) is 9.73. The molecular weight excluding hydrogens is 430 g/mol. The van der Waals surface area contributed by atoms with Gasteiger partial charge >= 0.3 is 0 Å². The maximum absolute atomic E-state index is 12.9. The van der Waals surface area contributed by atoms with Crippen molar-refractivity contribution in [3.05, 3.63) is 69.7 Å². The van der Waals surface area contributed by atoms with Crippen molar-refractivity contribution in [1.82, 2.24) is 0 Å². The molecule has 0 aromatic heterocycles. The van der Waals surface area contributed by atoms with Crippen molar-refractivity contribution in [3.63, 3.8) is 0 Å². The van der Waals surface area contributed by atoms with Crippen LogP contribution >= 0.6 is 15.9 Å². The highest BCUT2D eigenvalue weighted by Crippen LogP contribution is 2.49. The zero-order valence-corrected chi connectivity index (χ0v) is 18.8. The van der Waals surface area contributed by atoms with Crippen LogP contribution in [0.15, 0.2) is 58.6 Å². The minimum absolute atomic E-state index is 0.105. The van der Waals surface area contributed by atoms with Crippen molar-refractivity contribution < 1.29 is 14.3 Å². The Bertz CT molecular complexity index is 975. The molecule has 2 atom stereocenters. The highest BCUT2D eigenvalue weighted by molar-refractivity contribution is 9.10. The molecule has 5 heteroatoms. The number of fused-ring (bicyclic) bond motifs is 2. The third-order valence-corrected chi connectivity index (χ3v) is 6.18. The van der Waals surface area contributed by atoms with E-state index in [0.29, 0.717) is 13.0 Å². The first kappa shape index (κ1) is 20.2. The molecule has 0 radical (unpaired) electrons. The first-order valence-corrected chi connectivity index (χ1v) is 10.7. The number of hydrogen-bond donors (Lipinski definition) is 1.